The fourth-order valence-corrected chi connectivity index (χ4v) is 4.45. The molecule has 2 atom stereocenters. The molecule has 1 amide bonds. The van der Waals surface area contributed by atoms with Gasteiger partial charge in [0, 0.05) is 25.2 Å². The van der Waals surface area contributed by atoms with E-state index in [0.717, 1.165) is 17.7 Å². The second-order valence-electron chi connectivity index (χ2n) is 7.58. The number of aliphatic hydroxyl groups excluding tert-OH is 1. The van der Waals surface area contributed by atoms with Crippen molar-refractivity contribution >= 4 is 46.5 Å². The number of benzene rings is 1. The molecule has 5 nitrogen and oxygen atoms in total. The zero-order chi connectivity index (χ0) is 23.8. The molecule has 1 saturated heterocycles. The van der Waals surface area contributed by atoms with Gasteiger partial charge in [-0.1, -0.05) is 47.8 Å². The van der Waals surface area contributed by atoms with Gasteiger partial charge < -0.3 is 15.3 Å². The first-order valence-electron chi connectivity index (χ1n) is 9.82. The Morgan fingerprint density at radius 2 is 1.91 bits per heavy atom. The minimum atomic E-state index is -4.80. The van der Waals surface area contributed by atoms with Crippen molar-refractivity contribution in [3.05, 3.63) is 56.2 Å². The van der Waals surface area contributed by atoms with Crippen LogP contribution in [-0.4, -0.2) is 34.9 Å². The van der Waals surface area contributed by atoms with E-state index in [1.165, 1.54) is 11.0 Å². The van der Waals surface area contributed by atoms with E-state index in [4.69, 9.17) is 34.8 Å². The molecule has 0 spiro atoms. The maximum absolute atomic E-state index is 14.4. The lowest BCUT2D eigenvalue weighted by Crippen LogP contribution is -2.52. The first kappa shape index (κ1) is 24.9. The van der Waals surface area contributed by atoms with Crippen LogP contribution in [-0.2, 0) is 16.8 Å². The van der Waals surface area contributed by atoms with Gasteiger partial charge in [-0.25, -0.2) is 4.98 Å². The molecule has 174 valence electrons. The Hall–Kier alpha value is -1.74. The van der Waals surface area contributed by atoms with Gasteiger partial charge in [0.15, 0.2) is 0 Å². The molecule has 0 saturated carbocycles. The third kappa shape index (κ3) is 4.38. The van der Waals surface area contributed by atoms with Gasteiger partial charge in [0.1, 0.15) is 17.5 Å². The van der Waals surface area contributed by atoms with Crippen molar-refractivity contribution in [1.82, 2.24) is 10.3 Å². The molecule has 1 aromatic carbocycles. The first-order valence-corrected chi connectivity index (χ1v) is 11.0. The molecular formula is C21H21Cl3F3N3O2. The number of aromatic nitrogens is 1. The van der Waals surface area contributed by atoms with E-state index in [0.29, 0.717) is 12.1 Å². The van der Waals surface area contributed by atoms with Gasteiger partial charge in [-0.05, 0) is 42.7 Å². The van der Waals surface area contributed by atoms with E-state index in [1.54, 1.807) is 19.9 Å². The van der Waals surface area contributed by atoms with Gasteiger partial charge in [-0.2, -0.15) is 13.2 Å². The zero-order valence-corrected chi connectivity index (χ0v) is 19.5. The summed E-state index contributed by atoms with van der Waals surface area (Å²) in [4.78, 5) is 17.1. The zero-order valence-electron chi connectivity index (χ0n) is 17.2. The topological polar surface area (TPSA) is 65.5 Å². The van der Waals surface area contributed by atoms with E-state index < -0.39 is 24.2 Å². The number of aliphatic hydroxyl groups is 1. The summed E-state index contributed by atoms with van der Waals surface area (Å²) >= 11 is 17.9. The number of anilines is 1. The molecule has 1 aromatic heterocycles. The fraction of sp³-hybridized carbons (Fsp3) is 0.429. The number of rotatable bonds is 5. The van der Waals surface area contributed by atoms with Crippen LogP contribution in [0.2, 0.25) is 15.1 Å². The van der Waals surface area contributed by atoms with Crippen molar-refractivity contribution in [2.24, 2.45) is 0 Å². The standard InChI is InChI=1S/C21H21Cl3F3N3O2/c1-3-17(31)28-10-12-4-5-16(29-11(12)2)30-7-6-20(19(30)32,21(25,26)27)13-8-14(22)18(24)15(23)9-13/h4-5,8-9,19,32H,3,6-7,10H2,1-2H3,(H,28,31). The van der Waals surface area contributed by atoms with E-state index >= 15 is 0 Å². The number of hydrogen-bond donors (Lipinski definition) is 2. The molecule has 2 unspecified atom stereocenters. The molecule has 32 heavy (non-hydrogen) atoms. The Bertz CT molecular complexity index is 1010. The lowest BCUT2D eigenvalue weighted by molar-refractivity contribution is -0.210. The summed E-state index contributed by atoms with van der Waals surface area (Å²) in [6.07, 6.45) is -6.86. The van der Waals surface area contributed by atoms with Gasteiger partial charge in [0.2, 0.25) is 5.91 Å². The van der Waals surface area contributed by atoms with E-state index in [-0.39, 0.29) is 45.4 Å². The maximum atomic E-state index is 14.4. The van der Waals surface area contributed by atoms with Gasteiger partial charge >= 0.3 is 6.18 Å². The monoisotopic (exact) mass is 509 g/mol. The predicted octanol–water partition coefficient (Wildman–Crippen LogP) is 5.41. The highest BCUT2D eigenvalue weighted by atomic mass is 35.5. The summed E-state index contributed by atoms with van der Waals surface area (Å²) in [5, 5.41) is 13.4. The number of carbonyl (C=O) groups excluding carboxylic acids is 1. The maximum Gasteiger partial charge on any atom is 0.402 e. The SMILES string of the molecule is CCC(=O)NCc1ccc(N2CCC(c3cc(Cl)c(Cl)c(Cl)c3)(C(F)(F)F)C2O)nc1C. The molecule has 2 aromatic rings. The number of nitrogens with one attached hydrogen (secondary N) is 1. The molecule has 0 aliphatic carbocycles. The molecule has 3 rings (SSSR count). The molecule has 0 radical (unpaired) electrons. The van der Waals surface area contributed by atoms with Crippen molar-refractivity contribution in [2.45, 2.75) is 51.1 Å². The number of alkyl halides is 3. The summed E-state index contributed by atoms with van der Waals surface area (Å²) in [6, 6.07) is 5.38. The van der Waals surface area contributed by atoms with Gasteiger partial charge in [0.05, 0.1) is 15.1 Å². The van der Waals surface area contributed by atoms with Crippen LogP contribution in [0, 0.1) is 6.92 Å². The number of pyridine rings is 1. The van der Waals surface area contributed by atoms with E-state index in [9.17, 15) is 23.1 Å². The van der Waals surface area contributed by atoms with Crippen LogP contribution < -0.4 is 10.2 Å². The smallest absolute Gasteiger partial charge is 0.372 e. The molecule has 1 fully saturated rings. The molecular weight excluding hydrogens is 490 g/mol. The Morgan fingerprint density at radius 3 is 2.44 bits per heavy atom. The van der Waals surface area contributed by atoms with Gasteiger partial charge in [0.25, 0.3) is 0 Å². The second kappa shape index (κ2) is 9.25. The van der Waals surface area contributed by atoms with Crippen molar-refractivity contribution in [3.63, 3.8) is 0 Å². The van der Waals surface area contributed by atoms with Crippen molar-refractivity contribution in [2.75, 3.05) is 11.4 Å². The fourth-order valence-electron chi connectivity index (χ4n) is 3.85. The lowest BCUT2D eigenvalue weighted by atomic mass is 9.77. The number of nitrogens with zero attached hydrogens (tertiary/aromatic N) is 2. The van der Waals surface area contributed by atoms with Crippen LogP contribution in [0.25, 0.3) is 0 Å². The molecule has 2 N–H and O–H groups in total. The van der Waals surface area contributed by atoms with Crippen molar-refractivity contribution in [3.8, 4) is 0 Å². The van der Waals surface area contributed by atoms with E-state index in [1.807, 2.05) is 0 Å². The second-order valence-corrected chi connectivity index (χ2v) is 8.78. The Balaban J connectivity index is 1.97. The summed E-state index contributed by atoms with van der Waals surface area (Å²) in [5.74, 6) is 0.0662. The average Bonchev–Trinajstić information content (AvgIpc) is 3.08. The largest absolute Gasteiger partial charge is 0.402 e. The van der Waals surface area contributed by atoms with Crippen LogP contribution in [0.1, 0.15) is 36.6 Å². The highest BCUT2D eigenvalue weighted by Crippen LogP contribution is 2.53. The van der Waals surface area contributed by atoms with Crippen molar-refractivity contribution in [1.29, 1.82) is 0 Å². The van der Waals surface area contributed by atoms with Crippen LogP contribution in [0.4, 0.5) is 19.0 Å². The summed E-state index contributed by atoms with van der Waals surface area (Å²) in [7, 11) is 0. The molecule has 2 heterocycles. The highest BCUT2D eigenvalue weighted by Gasteiger charge is 2.65. The third-order valence-electron chi connectivity index (χ3n) is 5.76. The molecule has 0 bridgehead atoms. The van der Waals surface area contributed by atoms with Crippen LogP contribution in [0.5, 0.6) is 0 Å². The van der Waals surface area contributed by atoms with Gasteiger partial charge in [-0.3, -0.25) is 4.79 Å². The van der Waals surface area contributed by atoms with E-state index in [2.05, 4.69) is 10.3 Å². The summed E-state index contributed by atoms with van der Waals surface area (Å²) in [6.45, 7) is 3.57. The highest BCUT2D eigenvalue weighted by molar-refractivity contribution is 6.48. The average molecular weight is 511 g/mol. The van der Waals surface area contributed by atoms with Crippen LogP contribution >= 0.6 is 34.8 Å². The Labute approximate surface area is 198 Å². The molecule has 1 aliphatic heterocycles. The quantitative estimate of drug-likeness (QED) is 0.528. The summed E-state index contributed by atoms with van der Waals surface area (Å²) < 4.78 is 43.2. The predicted molar refractivity (Wildman–Crippen MR) is 118 cm³/mol. The number of hydrogen-bond acceptors (Lipinski definition) is 4. The Kier molecular flexibility index (Phi) is 7.20. The van der Waals surface area contributed by atoms with Crippen LogP contribution in [0.15, 0.2) is 24.3 Å². The first-order chi connectivity index (χ1) is 14.9. The molecule has 1 aliphatic rings. The lowest BCUT2D eigenvalue weighted by Gasteiger charge is -2.37. The van der Waals surface area contributed by atoms with Crippen molar-refractivity contribution < 1.29 is 23.1 Å². The third-order valence-corrected chi connectivity index (χ3v) is 6.96. The number of carbonyl (C=O) groups is 1. The summed E-state index contributed by atoms with van der Waals surface area (Å²) in [5.41, 5.74) is -1.64. The number of amides is 1. The minimum absolute atomic E-state index is 0.0539. The number of aryl methyl sites for hydroxylation is 1. The Morgan fingerprint density at radius 1 is 1.28 bits per heavy atom. The molecule has 11 heteroatoms. The van der Waals surface area contributed by atoms with Crippen LogP contribution in [0.3, 0.4) is 0 Å². The number of halogens is 6. The minimum Gasteiger partial charge on any atom is -0.372 e. The normalized spacial score (nSPS) is 21.2. The van der Waals surface area contributed by atoms with Gasteiger partial charge in [-0.15, -0.1) is 0 Å².